The fourth-order valence-electron chi connectivity index (χ4n) is 2.86. The lowest BCUT2D eigenvalue weighted by Crippen LogP contribution is -2.45. The van der Waals surface area contributed by atoms with Gasteiger partial charge in [0.2, 0.25) is 0 Å². The van der Waals surface area contributed by atoms with E-state index in [0.717, 1.165) is 19.6 Å². The van der Waals surface area contributed by atoms with E-state index in [1.165, 1.54) is 6.42 Å². The molecule has 3 heterocycles. The molecule has 3 atom stereocenters. The standard InChI is InChI=1S/C11H18N2O3/c14-11(10-7-15-3-4-16-10)13-5-8-1-2-12-9(8)6-13/h8-10,12H,1-7H2/t8-,9+,10?/m0/s1. The molecule has 3 aliphatic rings. The van der Waals surface area contributed by atoms with Crippen LogP contribution in [0.5, 0.6) is 0 Å². The average molecular weight is 226 g/mol. The van der Waals surface area contributed by atoms with Crippen molar-refractivity contribution in [2.75, 3.05) is 39.5 Å². The Balaban J connectivity index is 1.59. The van der Waals surface area contributed by atoms with Gasteiger partial charge < -0.3 is 19.7 Å². The summed E-state index contributed by atoms with van der Waals surface area (Å²) >= 11 is 0. The van der Waals surface area contributed by atoms with Crippen molar-refractivity contribution in [1.82, 2.24) is 10.2 Å². The highest BCUT2D eigenvalue weighted by molar-refractivity contribution is 5.81. The Morgan fingerprint density at radius 2 is 2.25 bits per heavy atom. The molecule has 0 saturated carbocycles. The highest BCUT2D eigenvalue weighted by Crippen LogP contribution is 2.25. The fourth-order valence-corrected chi connectivity index (χ4v) is 2.86. The number of ether oxygens (including phenoxy) is 2. The summed E-state index contributed by atoms with van der Waals surface area (Å²) in [7, 11) is 0. The van der Waals surface area contributed by atoms with Crippen molar-refractivity contribution in [1.29, 1.82) is 0 Å². The minimum atomic E-state index is -0.368. The summed E-state index contributed by atoms with van der Waals surface area (Å²) in [5.41, 5.74) is 0. The third kappa shape index (κ3) is 1.83. The van der Waals surface area contributed by atoms with Crippen LogP contribution >= 0.6 is 0 Å². The minimum absolute atomic E-state index is 0.107. The van der Waals surface area contributed by atoms with Crippen molar-refractivity contribution in [2.24, 2.45) is 5.92 Å². The number of carbonyl (C=O) groups is 1. The van der Waals surface area contributed by atoms with Crippen LogP contribution in [0.3, 0.4) is 0 Å². The van der Waals surface area contributed by atoms with Gasteiger partial charge in [0.15, 0.2) is 6.10 Å². The van der Waals surface area contributed by atoms with Crippen LogP contribution in [0, 0.1) is 5.92 Å². The van der Waals surface area contributed by atoms with Gasteiger partial charge in [-0.1, -0.05) is 0 Å². The zero-order valence-corrected chi connectivity index (χ0v) is 9.35. The number of amides is 1. The number of hydrogen-bond donors (Lipinski definition) is 1. The molecular weight excluding hydrogens is 208 g/mol. The maximum absolute atomic E-state index is 12.1. The molecule has 0 aromatic heterocycles. The second kappa shape index (κ2) is 4.31. The zero-order chi connectivity index (χ0) is 11.0. The molecule has 1 N–H and O–H groups in total. The second-order valence-electron chi connectivity index (χ2n) is 4.79. The van der Waals surface area contributed by atoms with E-state index in [-0.39, 0.29) is 12.0 Å². The Morgan fingerprint density at radius 3 is 3.00 bits per heavy atom. The maximum Gasteiger partial charge on any atom is 0.254 e. The number of nitrogens with one attached hydrogen (secondary N) is 1. The van der Waals surface area contributed by atoms with E-state index in [0.29, 0.717) is 31.8 Å². The first-order valence-corrected chi connectivity index (χ1v) is 6.06. The molecule has 0 radical (unpaired) electrons. The molecule has 3 rings (SSSR count). The summed E-state index contributed by atoms with van der Waals surface area (Å²) in [5.74, 6) is 0.754. The van der Waals surface area contributed by atoms with Gasteiger partial charge in [-0.2, -0.15) is 0 Å². The Bertz CT molecular complexity index is 266. The Morgan fingerprint density at radius 1 is 1.31 bits per heavy atom. The lowest BCUT2D eigenvalue weighted by atomic mass is 10.1. The molecule has 16 heavy (non-hydrogen) atoms. The van der Waals surface area contributed by atoms with Crippen LogP contribution in [0.15, 0.2) is 0 Å². The van der Waals surface area contributed by atoms with Gasteiger partial charge in [0.1, 0.15) is 0 Å². The predicted octanol–water partition coefficient (Wildman–Crippen LogP) is -0.778. The molecular formula is C11H18N2O3. The summed E-state index contributed by atoms with van der Waals surface area (Å²) in [6.07, 6.45) is 0.823. The molecule has 3 fully saturated rings. The van der Waals surface area contributed by atoms with Crippen LogP contribution in [0.1, 0.15) is 6.42 Å². The van der Waals surface area contributed by atoms with Crippen molar-refractivity contribution >= 4 is 5.91 Å². The molecule has 3 saturated heterocycles. The van der Waals surface area contributed by atoms with E-state index in [9.17, 15) is 4.79 Å². The van der Waals surface area contributed by atoms with Crippen molar-refractivity contribution in [3.05, 3.63) is 0 Å². The van der Waals surface area contributed by atoms with Crippen molar-refractivity contribution in [2.45, 2.75) is 18.6 Å². The maximum atomic E-state index is 12.1. The van der Waals surface area contributed by atoms with Gasteiger partial charge >= 0.3 is 0 Å². The highest BCUT2D eigenvalue weighted by Gasteiger charge is 2.40. The molecule has 0 aromatic rings. The quantitative estimate of drug-likeness (QED) is 0.637. The van der Waals surface area contributed by atoms with Crippen molar-refractivity contribution in [3.63, 3.8) is 0 Å². The first kappa shape index (κ1) is 10.5. The first-order chi connectivity index (χ1) is 7.84. The normalized spacial score (nSPS) is 38.8. The second-order valence-corrected chi connectivity index (χ2v) is 4.79. The van der Waals surface area contributed by atoms with Gasteiger partial charge in [-0.15, -0.1) is 0 Å². The van der Waals surface area contributed by atoms with Crippen LogP contribution in [0.4, 0.5) is 0 Å². The van der Waals surface area contributed by atoms with E-state index in [2.05, 4.69) is 5.32 Å². The predicted molar refractivity (Wildman–Crippen MR) is 57.0 cm³/mol. The van der Waals surface area contributed by atoms with E-state index >= 15 is 0 Å². The van der Waals surface area contributed by atoms with Crippen LogP contribution in [0.25, 0.3) is 0 Å². The molecule has 0 aromatic carbocycles. The van der Waals surface area contributed by atoms with Crippen molar-refractivity contribution < 1.29 is 14.3 Å². The minimum Gasteiger partial charge on any atom is -0.376 e. The monoisotopic (exact) mass is 226 g/mol. The third-order valence-corrected chi connectivity index (χ3v) is 3.77. The van der Waals surface area contributed by atoms with Crippen LogP contribution in [-0.4, -0.2) is 62.4 Å². The Hall–Kier alpha value is -0.650. The van der Waals surface area contributed by atoms with Crippen LogP contribution in [-0.2, 0) is 14.3 Å². The van der Waals surface area contributed by atoms with Crippen LogP contribution < -0.4 is 5.32 Å². The van der Waals surface area contributed by atoms with E-state index in [1.54, 1.807) is 0 Å². The number of nitrogens with zero attached hydrogens (tertiary/aromatic N) is 1. The first-order valence-electron chi connectivity index (χ1n) is 6.06. The molecule has 5 nitrogen and oxygen atoms in total. The van der Waals surface area contributed by atoms with Gasteiger partial charge in [-0.3, -0.25) is 4.79 Å². The van der Waals surface area contributed by atoms with Gasteiger partial charge in [0.05, 0.1) is 19.8 Å². The smallest absolute Gasteiger partial charge is 0.254 e. The molecule has 1 amide bonds. The van der Waals surface area contributed by atoms with E-state index < -0.39 is 0 Å². The molecule has 3 aliphatic heterocycles. The third-order valence-electron chi connectivity index (χ3n) is 3.77. The lowest BCUT2D eigenvalue weighted by molar-refractivity contribution is -0.157. The van der Waals surface area contributed by atoms with E-state index in [1.807, 2.05) is 4.90 Å². The molecule has 0 bridgehead atoms. The molecule has 1 unspecified atom stereocenters. The summed E-state index contributed by atoms with van der Waals surface area (Å²) in [6.45, 7) is 4.38. The number of rotatable bonds is 1. The number of carbonyl (C=O) groups excluding carboxylic acids is 1. The summed E-state index contributed by atoms with van der Waals surface area (Å²) < 4.78 is 10.7. The summed E-state index contributed by atoms with van der Waals surface area (Å²) in [4.78, 5) is 14.1. The highest BCUT2D eigenvalue weighted by atomic mass is 16.6. The average Bonchev–Trinajstić information content (AvgIpc) is 2.89. The molecule has 5 heteroatoms. The molecule has 0 aliphatic carbocycles. The van der Waals surface area contributed by atoms with Gasteiger partial charge in [0, 0.05) is 19.1 Å². The largest absolute Gasteiger partial charge is 0.376 e. The number of hydrogen-bond acceptors (Lipinski definition) is 4. The van der Waals surface area contributed by atoms with Gasteiger partial charge in [0.25, 0.3) is 5.91 Å². The Kier molecular flexibility index (Phi) is 2.83. The van der Waals surface area contributed by atoms with Gasteiger partial charge in [-0.05, 0) is 18.9 Å². The SMILES string of the molecule is O=C(C1COCCO1)N1C[C@@H]2CCN[C@@H]2C1. The van der Waals surface area contributed by atoms with Crippen molar-refractivity contribution in [3.8, 4) is 0 Å². The number of likely N-dealkylation sites (tertiary alicyclic amines) is 1. The zero-order valence-electron chi connectivity index (χ0n) is 9.35. The lowest BCUT2D eigenvalue weighted by Gasteiger charge is -2.27. The van der Waals surface area contributed by atoms with E-state index in [4.69, 9.17) is 9.47 Å². The van der Waals surface area contributed by atoms with Gasteiger partial charge in [-0.25, -0.2) is 0 Å². The Labute approximate surface area is 95.1 Å². The topological polar surface area (TPSA) is 50.8 Å². The van der Waals surface area contributed by atoms with Crippen LogP contribution in [0.2, 0.25) is 0 Å². The number of fused-ring (bicyclic) bond motifs is 1. The summed E-state index contributed by atoms with van der Waals surface area (Å²) in [6, 6.07) is 0.508. The molecule has 0 spiro atoms. The fraction of sp³-hybridized carbons (Fsp3) is 0.909. The summed E-state index contributed by atoms with van der Waals surface area (Å²) in [5, 5.41) is 3.44. The molecule has 90 valence electrons.